The quantitative estimate of drug-likeness (QED) is 0.597. The number of ether oxygens (including phenoxy) is 1. The summed E-state index contributed by atoms with van der Waals surface area (Å²) in [6.45, 7) is 2.80. The van der Waals surface area contributed by atoms with Gasteiger partial charge in [-0.2, -0.15) is 0 Å². The Balaban J connectivity index is 1.53. The van der Waals surface area contributed by atoms with Crippen LogP contribution in [0.5, 0.6) is 5.75 Å². The molecule has 1 unspecified atom stereocenters. The fourth-order valence-corrected chi connectivity index (χ4v) is 4.17. The van der Waals surface area contributed by atoms with E-state index in [1.165, 1.54) is 23.5 Å². The Labute approximate surface area is 184 Å². The van der Waals surface area contributed by atoms with Gasteiger partial charge in [-0.15, -0.1) is 11.3 Å². The summed E-state index contributed by atoms with van der Waals surface area (Å²) in [7, 11) is 0. The van der Waals surface area contributed by atoms with Gasteiger partial charge in [0, 0.05) is 24.3 Å². The van der Waals surface area contributed by atoms with Gasteiger partial charge in [0.1, 0.15) is 11.6 Å². The summed E-state index contributed by atoms with van der Waals surface area (Å²) in [4.78, 5) is 27.8. The van der Waals surface area contributed by atoms with E-state index in [2.05, 4.69) is 5.32 Å². The molecule has 1 aromatic heterocycles. The SMILES string of the molecule is CCC1Oc2ccc(NC(=O)c3cccs3)cc2CN(CCc2ccc(F)cc2)C1=O. The Morgan fingerprint density at radius 1 is 1.23 bits per heavy atom. The number of fused-ring (bicyclic) bond motifs is 1. The highest BCUT2D eigenvalue weighted by Crippen LogP contribution is 2.30. The largest absolute Gasteiger partial charge is 0.480 e. The highest BCUT2D eigenvalue weighted by molar-refractivity contribution is 7.12. The van der Waals surface area contributed by atoms with Crippen LogP contribution in [0.4, 0.5) is 10.1 Å². The molecule has 0 saturated carbocycles. The third-order valence-corrected chi connectivity index (χ3v) is 6.10. The Bertz CT molecular complexity index is 1070. The summed E-state index contributed by atoms with van der Waals surface area (Å²) >= 11 is 1.38. The first-order valence-corrected chi connectivity index (χ1v) is 11.1. The van der Waals surface area contributed by atoms with Gasteiger partial charge in [-0.05, 0) is 60.2 Å². The van der Waals surface area contributed by atoms with Gasteiger partial charge in [0.25, 0.3) is 11.8 Å². The van der Waals surface area contributed by atoms with E-state index in [0.717, 1.165) is 11.1 Å². The molecule has 0 saturated heterocycles. The second kappa shape index (κ2) is 9.31. The molecular weight excluding hydrogens is 415 g/mol. The number of thiophene rings is 1. The summed E-state index contributed by atoms with van der Waals surface area (Å²) in [5.41, 5.74) is 2.46. The minimum atomic E-state index is -0.555. The van der Waals surface area contributed by atoms with Crippen LogP contribution in [-0.4, -0.2) is 29.4 Å². The van der Waals surface area contributed by atoms with Crippen LogP contribution < -0.4 is 10.1 Å². The van der Waals surface area contributed by atoms with E-state index < -0.39 is 6.10 Å². The number of benzene rings is 2. The smallest absolute Gasteiger partial charge is 0.265 e. The Hall–Kier alpha value is -3.19. The molecule has 1 atom stereocenters. The maximum atomic E-state index is 13.2. The van der Waals surface area contributed by atoms with Crippen LogP contribution in [0.1, 0.15) is 34.1 Å². The number of halogens is 1. The Morgan fingerprint density at radius 3 is 2.74 bits per heavy atom. The number of nitrogens with one attached hydrogen (secondary N) is 1. The standard InChI is InChI=1S/C24H23FN2O3S/c1-2-20-24(29)27(12-11-16-5-7-18(25)8-6-16)15-17-14-19(9-10-21(17)30-20)26-23(28)22-4-3-13-31-22/h3-10,13-14,20H,2,11-12,15H2,1H3,(H,26,28). The van der Waals surface area contributed by atoms with E-state index in [0.29, 0.717) is 42.2 Å². The first-order chi connectivity index (χ1) is 15.0. The highest BCUT2D eigenvalue weighted by atomic mass is 32.1. The van der Waals surface area contributed by atoms with E-state index in [9.17, 15) is 14.0 Å². The zero-order chi connectivity index (χ0) is 21.8. The molecule has 0 fully saturated rings. The van der Waals surface area contributed by atoms with Crippen LogP contribution in [0, 0.1) is 5.82 Å². The average molecular weight is 439 g/mol. The van der Waals surface area contributed by atoms with Gasteiger partial charge in [0.05, 0.1) is 4.88 Å². The monoisotopic (exact) mass is 438 g/mol. The third-order valence-electron chi connectivity index (χ3n) is 5.24. The second-order valence-corrected chi connectivity index (χ2v) is 8.35. The molecule has 2 amide bonds. The van der Waals surface area contributed by atoms with E-state index in [1.807, 2.05) is 24.4 Å². The lowest BCUT2D eigenvalue weighted by Gasteiger charge is -2.23. The van der Waals surface area contributed by atoms with Crippen molar-refractivity contribution in [2.45, 2.75) is 32.4 Å². The summed E-state index contributed by atoms with van der Waals surface area (Å²) in [5, 5.41) is 4.76. The molecular formula is C24H23FN2O3S. The molecule has 31 heavy (non-hydrogen) atoms. The second-order valence-electron chi connectivity index (χ2n) is 7.40. The van der Waals surface area contributed by atoms with Crippen molar-refractivity contribution in [3.05, 3.63) is 81.8 Å². The van der Waals surface area contributed by atoms with Crippen LogP contribution in [-0.2, 0) is 17.8 Å². The number of carbonyl (C=O) groups is 2. The molecule has 2 heterocycles. The van der Waals surface area contributed by atoms with E-state index in [4.69, 9.17) is 4.74 Å². The van der Waals surface area contributed by atoms with Crippen molar-refractivity contribution in [1.29, 1.82) is 0 Å². The van der Waals surface area contributed by atoms with Crippen LogP contribution in [0.2, 0.25) is 0 Å². The number of amides is 2. The molecule has 0 radical (unpaired) electrons. The molecule has 7 heteroatoms. The summed E-state index contributed by atoms with van der Waals surface area (Å²) in [6, 6.07) is 15.4. The van der Waals surface area contributed by atoms with Crippen molar-refractivity contribution in [2.75, 3.05) is 11.9 Å². The lowest BCUT2D eigenvalue weighted by atomic mass is 10.1. The maximum absolute atomic E-state index is 13.2. The van der Waals surface area contributed by atoms with Gasteiger partial charge in [-0.25, -0.2) is 4.39 Å². The normalized spacial score (nSPS) is 15.7. The Morgan fingerprint density at radius 2 is 2.03 bits per heavy atom. The number of carbonyl (C=O) groups excluding carboxylic acids is 2. The topological polar surface area (TPSA) is 58.6 Å². The summed E-state index contributed by atoms with van der Waals surface area (Å²) in [5.74, 6) is 0.142. The number of anilines is 1. The van der Waals surface area contributed by atoms with Crippen LogP contribution in [0.25, 0.3) is 0 Å². The van der Waals surface area contributed by atoms with Crippen LogP contribution in [0.3, 0.4) is 0 Å². The fraction of sp³-hybridized carbons (Fsp3) is 0.250. The molecule has 1 aliphatic heterocycles. The van der Waals surface area contributed by atoms with Crippen molar-refractivity contribution in [3.8, 4) is 5.75 Å². The van der Waals surface area contributed by atoms with E-state index >= 15 is 0 Å². The average Bonchev–Trinajstić information content (AvgIpc) is 3.28. The summed E-state index contributed by atoms with van der Waals surface area (Å²) in [6.07, 6.45) is 0.621. The third kappa shape index (κ3) is 4.94. The van der Waals surface area contributed by atoms with Crippen molar-refractivity contribution in [3.63, 3.8) is 0 Å². The molecule has 0 bridgehead atoms. The molecule has 1 aliphatic rings. The van der Waals surface area contributed by atoms with Crippen LogP contribution >= 0.6 is 11.3 Å². The van der Waals surface area contributed by atoms with Gasteiger partial charge in [0.2, 0.25) is 0 Å². The maximum Gasteiger partial charge on any atom is 0.265 e. The fourth-order valence-electron chi connectivity index (χ4n) is 3.55. The molecule has 0 spiro atoms. The molecule has 5 nitrogen and oxygen atoms in total. The first-order valence-electron chi connectivity index (χ1n) is 10.2. The zero-order valence-electron chi connectivity index (χ0n) is 17.1. The first kappa shape index (κ1) is 21.1. The Kier molecular flexibility index (Phi) is 6.32. The lowest BCUT2D eigenvalue weighted by Crippen LogP contribution is -2.40. The number of hydrogen-bond acceptors (Lipinski definition) is 4. The van der Waals surface area contributed by atoms with Gasteiger partial charge in [-0.1, -0.05) is 25.1 Å². The van der Waals surface area contributed by atoms with Gasteiger partial charge in [-0.3, -0.25) is 9.59 Å². The van der Waals surface area contributed by atoms with Crippen LogP contribution in [0.15, 0.2) is 60.0 Å². The van der Waals surface area contributed by atoms with Gasteiger partial charge >= 0.3 is 0 Å². The highest BCUT2D eigenvalue weighted by Gasteiger charge is 2.29. The lowest BCUT2D eigenvalue weighted by molar-refractivity contribution is -0.138. The summed E-state index contributed by atoms with van der Waals surface area (Å²) < 4.78 is 19.2. The molecule has 2 aromatic carbocycles. The van der Waals surface area contributed by atoms with Crippen molar-refractivity contribution in [2.24, 2.45) is 0 Å². The van der Waals surface area contributed by atoms with Gasteiger partial charge < -0.3 is 15.0 Å². The van der Waals surface area contributed by atoms with Crippen molar-refractivity contribution >= 4 is 28.8 Å². The molecule has 0 aliphatic carbocycles. The number of hydrogen-bond donors (Lipinski definition) is 1. The van der Waals surface area contributed by atoms with E-state index in [1.54, 1.807) is 35.2 Å². The van der Waals surface area contributed by atoms with Crippen molar-refractivity contribution < 1.29 is 18.7 Å². The van der Waals surface area contributed by atoms with E-state index in [-0.39, 0.29) is 17.6 Å². The molecule has 4 rings (SSSR count). The number of rotatable bonds is 6. The number of nitrogens with zero attached hydrogens (tertiary/aromatic N) is 1. The molecule has 3 aromatic rings. The minimum absolute atomic E-state index is 0.0648. The predicted octanol–water partition coefficient (Wildman–Crippen LogP) is 4.88. The predicted molar refractivity (Wildman–Crippen MR) is 119 cm³/mol. The van der Waals surface area contributed by atoms with Crippen molar-refractivity contribution in [1.82, 2.24) is 4.90 Å². The molecule has 160 valence electrons. The zero-order valence-corrected chi connectivity index (χ0v) is 18.0. The minimum Gasteiger partial charge on any atom is -0.480 e. The molecule has 1 N–H and O–H groups in total. The van der Waals surface area contributed by atoms with Gasteiger partial charge in [0.15, 0.2) is 6.10 Å².